The van der Waals surface area contributed by atoms with Gasteiger partial charge in [0.15, 0.2) is 24.7 Å². The largest absolute Gasteiger partial charge is 0.241 e. The average Bonchev–Trinajstić information content (AvgIpc) is 2.13. The quantitative estimate of drug-likeness (QED) is 0.479. The lowest BCUT2D eigenvalue weighted by Crippen LogP contribution is -2.42. The molecular weight excluding hydrogens is 211 g/mol. The molecule has 0 saturated carbocycles. The van der Waals surface area contributed by atoms with Crippen molar-refractivity contribution in [2.24, 2.45) is 0 Å². The van der Waals surface area contributed by atoms with E-state index in [0.717, 1.165) is 0 Å². The van der Waals surface area contributed by atoms with Gasteiger partial charge in [-0.2, -0.15) is 0 Å². The Bertz CT molecular complexity index is 251. The molecule has 0 aliphatic heterocycles. The minimum Gasteiger partial charge on any atom is -0.241 e. The lowest BCUT2D eigenvalue weighted by atomic mass is 9.93. The van der Waals surface area contributed by atoms with Gasteiger partial charge in [-0.15, -0.1) is 0 Å². The molecule has 6 heteroatoms. The Morgan fingerprint density at radius 3 is 1.92 bits per heavy atom. The lowest BCUT2D eigenvalue weighted by molar-refractivity contribution is 0.0345. The van der Waals surface area contributed by atoms with Crippen LogP contribution in [0.3, 0.4) is 0 Å². The van der Waals surface area contributed by atoms with E-state index in [1.165, 1.54) is 0 Å². The molecule has 0 radical (unpaired) electrons. The zero-order valence-electron chi connectivity index (χ0n) is 6.18. The van der Waals surface area contributed by atoms with Gasteiger partial charge in [-0.25, -0.2) is 22.0 Å². The molecule has 13 heavy (non-hydrogen) atoms. The third-order valence-electron chi connectivity index (χ3n) is 1.81. The second-order valence-electron chi connectivity index (χ2n) is 2.61. The van der Waals surface area contributed by atoms with Crippen molar-refractivity contribution in [3.05, 3.63) is 11.4 Å². The van der Waals surface area contributed by atoms with Crippen LogP contribution in [0, 0.1) is 0 Å². The number of halogens is 5. The topological polar surface area (TPSA) is 0 Å². The van der Waals surface area contributed by atoms with Crippen molar-refractivity contribution in [2.45, 2.75) is 24.7 Å². The number of hydrogen-bond donors (Lipinski definition) is 0. The zero-order chi connectivity index (χ0) is 10.2. The Kier molecular flexibility index (Phi) is 3.00. The van der Waals surface area contributed by atoms with Crippen LogP contribution >= 0.6 is 12.2 Å². The maximum atomic E-state index is 12.7. The highest BCUT2D eigenvalue weighted by molar-refractivity contribution is 7.79. The van der Waals surface area contributed by atoms with E-state index in [2.05, 4.69) is 12.2 Å². The number of hydrogen-bond acceptors (Lipinski definition) is 1. The summed E-state index contributed by atoms with van der Waals surface area (Å²) in [5.41, 5.74) is -0.913. The van der Waals surface area contributed by atoms with E-state index in [1.807, 2.05) is 0 Å². The van der Waals surface area contributed by atoms with Crippen LogP contribution in [-0.4, -0.2) is 30.1 Å². The molecule has 4 atom stereocenters. The van der Waals surface area contributed by atoms with E-state index >= 15 is 0 Å². The van der Waals surface area contributed by atoms with Crippen LogP contribution in [0.2, 0.25) is 0 Å². The van der Waals surface area contributed by atoms with Crippen molar-refractivity contribution in [3.8, 4) is 0 Å². The summed E-state index contributed by atoms with van der Waals surface area (Å²) in [6.45, 7) is 0. The summed E-state index contributed by atoms with van der Waals surface area (Å²) in [4.78, 5) is 0. The number of allylic oxidation sites excluding steroid dienone is 2. The maximum absolute atomic E-state index is 12.7. The van der Waals surface area contributed by atoms with Crippen LogP contribution < -0.4 is 0 Å². The summed E-state index contributed by atoms with van der Waals surface area (Å²) in [6.07, 6.45) is -10.8. The van der Waals surface area contributed by atoms with Crippen LogP contribution in [-0.2, 0) is 0 Å². The van der Waals surface area contributed by atoms with Crippen molar-refractivity contribution in [3.63, 3.8) is 0 Å². The van der Waals surface area contributed by atoms with Crippen molar-refractivity contribution in [2.75, 3.05) is 0 Å². The molecule has 0 aromatic rings. The molecular formula is C7H5F5S. The summed E-state index contributed by atoms with van der Waals surface area (Å²) < 4.78 is 63.0. The van der Waals surface area contributed by atoms with Crippen LogP contribution in [0.5, 0.6) is 0 Å². The van der Waals surface area contributed by atoms with E-state index in [9.17, 15) is 22.0 Å². The van der Waals surface area contributed by atoms with Gasteiger partial charge in [0.05, 0.1) is 0 Å². The van der Waals surface area contributed by atoms with Gasteiger partial charge in [0, 0.05) is 10.9 Å². The summed E-state index contributed by atoms with van der Waals surface area (Å²) in [5, 5.41) is 0.491. The fourth-order valence-corrected chi connectivity index (χ4v) is 1.29. The Morgan fingerprint density at radius 1 is 1.00 bits per heavy atom. The lowest BCUT2D eigenvalue weighted by Gasteiger charge is -2.26. The predicted octanol–water partition coefficient (Wildman–Crippen LogP) is 2.58. The molecule has 1 rings (SSSR count). The summed E-state index contributed by atoms with van der Waals surface area (Å²) in [5.74, 6) is -1.65. The van der Waals surface area contributed by atoms with Crippen molar-refractivity contribution in [1.82, 2.24) is 0 Å². The molecule has 0 amide bonds. The number of rotatable bonds is 1. The highest BCUT2D eigenvalue weighted by Crippen LogP contribution is 2.33. The molecule has 0 N–H and O–H groups in total. The molecule has 1 aliphatic carbocycles. The fourth-order valence-electron chi connectivity index (χ4n) is 1.05. The van der Waals surface area contributed by atoms with E-state index in [1.54, 1.807) is 0 Å². The molecule has 0 aromatic carbocycles. The molecule has 0 heterocycles. The predicted molar refractivity (Wildman–Crippen MR) is 41.4 cm³/mol. The standard InChI is InChI=1S/C7H5F5S/c8-3-2(1-13)4(9)6(11)7(12)5(3)10/h1,3,5-7H. The van der Waals surface area contributed by atoms with Gasteiger partial charge in [0.1, 0.15) is 5.83 Å². The molecule has 1 aliphatic rings. The Hall–Kier alpha value is -0.520. The average molecular weight is 216 g/mol. The molecule has 0 bridgehead atoms. The molecule has 0 saturated heterocycles. The van der Waals surface area contributed by atoms with E-state index in [-0.39, 0.29) is 0 Å². The molecule has 0 spiro atoms. The summed E-state index contributed by atoms with van der Waals surface area (Å²) in [7, 11) is 0. The van der Waals surface area contributed by atoms with Gasteiger partial charge in [-0.3, -0.25) is 0 Å². The van der Waals surface area contributed by atoms with Crippen LogP contribution in [0.4, 0.5) is 22.0 Å². The SMILES string of the molecule is FC1=C(C=S)C(F)C(F)C(F)C1F. The second kappa shape index (κ2) is 3.69. The van der Waals surface area contributed by atoms with Gasteiger partial charge >= 0.3 is 0 Å². The molecule has 0 nitrogen and oxygen atoms in total. The zero-order valence-corrected chi connectivity index (χ0v) is 7.00. The van der Waals surface area contributed by atoms with Crippen LogP contribution in [0.15, 0.2) is 11.4 Å². The van der Waals surface area contributed by atoms with Gasteiger partial charge in [-0.05, 0) is 0 Å². The van der Waals surface area contributed by atoms with Gasteiger partial charge in [-0.1, -0.05) is 12.2 Å². The summed E-state index contributed by atoms with van der Waals surface area (Å²) >= 11 is 4.15. The normalized spacial score (nSPS) is 40.7. The first kappa shape index (κ1) is 10.6. The minimum absolute atomic E-state index is 0.491. The van der Waals surface area contributed by atoms with Gasteiger partial charge < -0.3 is 0 Å². The Labute approximate surface area is 76.4 Å². The minimum atomic E-state index is -2.80. The number of alkyl halides is 4. The second-order valence-corrected chi connectivity index (χ2v) is 2.85. The van der Waals surface area contributed by atoms with E-state index < -0.39 is 36.1 Å². The molecule has 0 fully saturated rings. The highest BCUT2D eigenvalue weighted by Gasteiger charge is 2.46. The van der Waals surface area contributed by atoms with E-state index in [0.29, 0.717) is 5.37 Å². The first-order chi connectivity index (χ1) is 6.00. The third kappa shape index (κ3) is 1.59. The monoisotopic (exact) mass is 216 g/mol. The number of thiocarbonyl (C=S) groups is 1. The first-order valence-electron chi connectivity index (χ1n) is 3.41. The van der Waals surface area contributed by atoms with Gasteiger partial charge in [0.2, 0.25) is 0 Å². The van der Waals surface area contributed by atoms with Crippen molar-refractivity contribution >= 4 is 17.6 Å². The fraction of sp³-hybridized carbons (Fsp3) is 0.571. The van der Waals surface area contributed by atoms with E-state index in [4.69, 9.17) is 0 Å². The molecule has 4 unspecified atom stereocenters. The Balaban J connectivity index is 3.10. The molecule has 0 aromatic heterocycles. The third-order valence-corrected chi connectivity index (χ3v) is 2.06. The van der Waals surface area contributed by atoms with Crippen molar-refractivity contribution < 1.29 is 22.0 Å². The summed E-state index contributed by atoms with van der Waals surface area (Å²) in [6, 6.07) is 0. The molecule has 74 valence electrons. The smallest absolute Gasteiger partial charge is 0.186 e. The van der Waals surface area contributed by atoms with Crippen LogP contribution in [0.25, 0.3) is 0 Å². The maximum Gasteiger partial charge on any atom is 0.186 e. The Morgan fingerprint density at radius 2 is 1.46 bits per heavy atom. The van der Waals surface area contributed by atoms with Crippen LogP contribution in [0.1, 0.15) is 0 Å². The van der Waals surface area contributed by atoms with Gasteiger partial charge in [0.25, 0.3) is 0 Å². The van der Waals surface area contributed by atoms with Crippen molar-refractivity contribution in [1.29, 1.82) is 0 Å². The highest BCUT2D eigenvalue weighted by atomic mass is 32.1. The first-order valence-corrected chi connectivity index (χ1v) is 3.88.